The monoisotopic (exact) mass is 665 g/mol. The topological polar surface area (TPSA) is 65.0 Å². The van der Waals surface area contributed by atoms with Gasteiger partial charge in [0.1, 0.15) is 22.3 Å². The number of para-hydroxylation sites is 2. The average molecular weight is 666 g/mol. The summed E-state index contributed by atoms with van der Waals surface area (Å²) in [5, 5.41) is 8.36. The molecule has 0 fully saturated rings. The minimum Gasteiger partial charge on any atom is -0.456 e. The van der Waals surface area contributed by atoms with Gasteiger partial charge in [-0.05, 0) is 52.1 Å². The molecule has 8 aromatic carbocycles. The predicted molar refractivity (Wildman–Crippen MR) is 211 cm³/mol. The second-order valence-electron chi connectivity index (χ2n) is 13.1. The van der Waals surface area contributed by atoms with Crippen molar-refractivity contribution in [3.8, 4) is 45.3 Å². The van der Waals surface area contributed by atoms with E-state index in [0.29, 0.717) is 17.5 Å². The van der Waals surface area contributed by atoms with Gasteiger partial charge in [-0.1, -0.05) is 133 Å². The molecule has 3 heterocycles. The Balaban J connectivity index is 1.20. The van der Waals surface area contributed by atoms with Crippen LogP contribution in [0.4, 0.5) is 0 Å². The van der Waals surface area contributed by atoms with Crippen molar-refractivity contribution in [1.29, 1.82) is 0 Å². The Labute approximate surface area is 297 Å². The smallest absolute Gasteiger partial charge is 0.164 e. The standard InChI is InChI=1S/C47H27N3O2/c1-2-12-29(13-3-1)32-20-11-21-36-39-27-40(33-17-6-7-19-35(33)44(39)52-43(32)36)47-49-45(30-24-25-42-38(26-30)34-18-8-9-23-41(34)51-42)48-46(50-47)37-22-10-15-28-14-4-5-16-31(28)37/h1-27H. The van der Waals surface area contributed by atoms with Gasteiger partial charge in [0.25, 0.3) is 0 Å². The van der Waals surface area contributed by atoms with E-state index in [-0.39, 0.29) is 0 Å². The fraction of sp³-hybridized carbons (Fsp3) is 0. The molecule has 0 N–H and O–H groups in total. The summed E-state index contributed by atoms with van der Waals surface area (Å²) in [4.78, 5) is 15.7. The van der Waals surface area contributed by atoms with Crippen molar-refractivity contribution in [3.63, 3.8) is 0 Å². The Morgan fingerprint density at radius 1 is 0.308 bits per heavy atom. The largest absolute Gasteiger partial charge is 0.456 e. The maximum Gasteiger partial charge on any atom is 0.164 e. The van der Waals surface area contributed by atoms with Crippen LogP contribution in [0.1, 0.15) is 0 Å². The molecule has 0 aliphatic heterocycles. The van der Waals surface area contributed by atoms with Crippen molar-refractivity contribution in [2.24, 2.45) is 0 Å². The van der Waals surface area contributed by atoms with Gasteiger partial charge in [-0.3, -0.25) is 0 Å². The molecule has 0 saturated heterocycles. The van der Waals surface area contributed by atoms with Crippen LogP contribution in [0.3, 0.4) is 0 Å². The van der Waals surface area contributed by atoms with Crippen molar-refractivity contribution in [3.05, 3.63) is 164 Å². The van der Waals surface area contributed by atoms with E-state index < -0.39 is 0 Å². The van der Waals surface area contributed by atoms with Crippen molar-refractivity contribution >= 4 is 65.4 Å². The number of benzene rings is 8. The molecule has 11 rings (SSSR count). The summed E-state index contributed by atoms with van der Waals surface area (Å²) in [6, 6.07) is 56.2. The summed E-state index contributed by atoms with van der Waals surface area (Å²) < 4.78 is 13.0. The van der Waals surface area contributed by atoms with Crippen molar-refractivity contribution < 1.29 is 8.83 Å². The number of hydrogen-bond donors (Lipinski definition) is 0. The maximum atomic E-state index is 6.78. The summed E-state index contributed by atoms with van der Waals surface area (Å²) in [5.41, 5.74) is 8.30. The molecule has 0 aliphatic rings. The molecule has 0 aliphatic carbocycles. The Kier molecular flexibility index (Phi) is 6.18. The summed E-state index contributed by atoms with van der Waals surface area (Å²) in [6.07, 6.45) is 0. The number of fused-ring (bicyclic) bond motifs is 9. The molecule has 0 radical (unpaired) electrons. The van der Waals surface area contributed by atoms with Crippen LogP contribution in [0.2, 0.25) is 0 Å². The molecule has 52 heavy (non-hydrogen) atoms. The summed E-state index contributed by atoms with van der Waals surface area (Å²) in [5.74, 6) is 1.80. The maximum absolute atomic E-state index is 6.78. The van der Waals surface area contributed by atoms with Gasteiger partial charge >= 0.3 is 0 Å². The third-order valence-corrected chi connectivity index (χ3v) is 10.1. The Morgan fingerprint density at radius 3 is 1.81 bits per heavy atom. The van der Waals surface area contributed by atoms with Gasteiger partial charge < -0.3 is 8.83 Å². The molecule has 0 saturated carbocycles. The number of hydrogen-bond acceptors (Lipinski definition) is 5. The van der Waals surface area contributed by atoms with Crippen LogP contribution in [-0.2, 0) is 0 Å². The van der Waals surface area contributed by atoms with E-state index in [2.05, 4.69) is 127 Å². The molecular weight excluding hydrogens is 639 g/mol. The minimum atomic E-state index is 0.590. The minimum absolute atomic E-state index is 0.590. The van der Waals surface area contributed by atoms with Crippen LogP contribution in [0.5, 0.6) is 0 Å². The van der Waals surface area contributed by atoms with Crippen LogP contribution < -0.4 is 0 Å². The van der Waals surface area contributed by atoms with Gasteiger partial charge in [0.05, 0.1) is 0 Å². The van der Waals surface area contributed by atoms with Crippen molar-refractivity contribution in [2.45, 2.75) is 0 Å². The lowest BCUT2D eigenvalue weighted by atomic mass is 9.98. The fourth-order valence-electron chi connectivity index (χ4n) is 7.68. The van der Waals surface area contributed by atoms with Gasteiger partial charge in [0, 0.05) is 49.2 Å². The van der Waals surface area contributed by atoms with Gasteiger partial charge in [0.2, 0.25) is 0 Å². The molecule has 11 aromatic rings. The molecule has 3 aromatic heterocycles. The first kappa shape index (κ1) is 28.7. The zero-order chi connectivity index (χ0) is 34.2. The zero-order valence-corrected chi connectivity index (χ0v) is 27.7. The molecule has 242 valence electrons. The molecule has 0 bridgehead atoms. The first-order valence-corrected chi connectivity index (χ1v) is 17.4. The summed E-state index contributed by atoms with van der Waals surface area (Å²) in [7, 11) is 0. The normalized spacial score (nSPS) is 11.8. The van der Waals surface area contributed by atoms with Gasteiger partial charge in [0.15, 0.2) is 17.5 Å². The second kappa shape index (κ2) is 11.2. The Hall–Kier alpha value is -7.11. The third-order valence-electron chi connectivity index (χ3n) is 10.1. The highest BCUT2D eigenvalue weighted by Crippen LogP contribution is 2.42. The number of aromatic nitrogens is 3. The van der Waals surface area contributed by atoms with Gasteiger partial charge in [-0.15, -0.1) is 0 Å². The lowest BCUT2D eigenvalue weighted by Gasteiger charge is -2.12. The van der Waals surface area contributed by atoms with E-state index >= 15 is 0 Å². The summed E-state index contributed by atoms with van der Waals surface area (Å²) in [6.45, 7) is 0. The fourth-order valence-corrected chi connectivity index (χ4v) is 7.68. The molecule has 0 unspecified atom stereocenters. The van der Waals surface area contributed by atoms with Gasteiger partial charge in [-0.2, -0.15) is 0 Å². The number of furan rings is 2. The van der Waals surface area contributed by atoms with E-state index in [1.54, 1.807) is 0 Å². The molecule has 0 atom stereocenters. The molecule has 5 nitrogen and oxygen atoms in total. The van der Waals surface area contributed by atoms with E-state index in [1.165, 1.54) is 0 Å². The average Bonchev–Trinajstić information content (AvgIpc) is 3.79. The molecular formula is C47H27N3O2. The quantitative estimate of drug-likeness (QED) is 0.187. The van der Waals surface area contributed by atoms with Crippen molar-refractivity contribution in [1.82, 2.24) is 15.0 Å². The van der Waals surface area contributed by atoms with Crippen LogP contribution in [-0.4, -0.2) is 15.0 Å². The molecule has 0 spiro atoms. The Bertz CT molecular complexity index is 3190. The first-order valence-electron chi connectivity index (χ1n) is 17.4. The second-order valence-corrected chi connectivity index (χ2v) is 13.1. The van der Waals surface area contributed by atoms with Crippen LogP contribution in [0.15, 0.2) is 173 Å². The third kappa shape index (κ3) is 4.39. The first-order chi connectivity index (χ1) is 25.8. The van der Waals surface area contributed by atoms with Crippen molar-refractivity contribution in [2.75, 3.05) is 0 Å². The lowest BCUT2D eigenvalue weighted by molar-refractivity contribution is 0.669. The van der Waals surface area contributed by atoms with E-state index in [0.717, 1.165) is 93.2 Å². The van der Waals surface area contributed by atoms with E-state index in [4.69, 9.17) is 23.8 Å². The summed E-state index contributed by atoms with van der Waals surface area (Å²) >= 11 is 0. The Morgan fingerprint density at radius 2 is 0.923 bits per heavy atom. The highest BCUT2D eigenvalue weighted by atomic mass is 16.3. The highest BCUT2D eigenvalue weighted by molar-refractivity contribution is 6.20. The van der Waals surface area contributed by atoms with E-state index in [1.807, 2.05) is 36.4 Å². The SMILES string of the molecule is c1ccc(-c2cccc3c2oc2c4ccccc4c(-c4nc(-c5ccc6oc7ccccc7c6c5)nc(-c5cccc6ccccc56)n4)cc32)cc1. The predicted octanol–water partition coefficient (Wildman–Crippen LogP) is 12.6. The van der Waals surface area contributed by atoms with Crippen LogP contribution >= 0.6 is 0 Å². The molecule has 5 heteroatoms. The van der Waals surface area contributed by atoms with Crippen LogP contribution in [0.25, 0.3) is 111 Å². The lowest BCUT2D eigenvalue weighted by Crippen LogP contribution is -2.01. The number of rotatable bonds is 4. The highest BCUT2D eigenvalue weighted by Gasteiger charge is 2.21. The zero-order valence-electron chi connectivity index (χ0n) is 27.7. The molecule has 0 amide bonds. The van der Waals surface area contributed by atoms with Crippen LogP contribution in [0, 0.1) is 0 Å². The van der Waals surface area contributed by atoms with Gasteiger partial charge in [-0.25, -0.2) is 15.0 Å². The number of nitrogens with zero attached hydrogens (tertiary/aromatic N) is 3. The van der Waals surface area contributed by atoms with E-state index in [9.17, 15) is 0 Å².